The Balaban J connectivity index is 1.94. The topological polar surface area (TPSA) is 84.3 Å². The molecule has 0 aliphatic heterocycles. The van der Waals surface area contributed by atoms with Crippen molar-refractivity contribution in [1.82, 2.24) is 9.97 Å². The number of methoxy groups -OCH3 is 1. The first kappa shape index (κ1) is 13.8. The van der Waals surface area contributed by atoms with E-state index in [1.54, 1.807) is 19.2 Å². The summed E-state index contributed by atoms with van der Waals surface area (Å²) in [6, 6.07) is 12.0. The zero-order chi connectivity index (χ0) is 15.5. The third kappa shape index (κ3) is 2.67. The minimum Gasteiger partial charge on any atom is -0.497 e. The number of rotatable bonds is 4. The first-order valence-corrected chi connectivity index (χ1v) is 6.56. The second kappa shape index (κ2) is 5.69. The number of hydrogen-bond acceptors (Lipinski definition) is 5. The maximum absolute atomic E-state index is 10.9. The highest BCUT2D eigenvalue weighted by molar-refractivity contribution is 5.92. The van der Waals surface area contributed by atoms with Gasteiger partial charge < -0.3 is 15.2 Å². The van der Waals surface area contributed by atoms with Crippen molar-refractivity contribution in [1.29, 1.82) is 0 Å². The first-order valence-electron chi connectivity index (χ1n) is 6.56. The summed E-state index contributed by atoms with van der Waals surface area (Å²) in [7, 11) is 1.60. The molecule has 3 rings (SSSR count). The van der Waals surface area contributed by atoms with Gasteiger partial charge in [0, 0.05) is 17.1 Å². The van der Waals surface area contributed by atoms with Gasteiger partial charge in [-0.15, -0.1) is 0 Å². The van der Waals surface area contributed by atoms with Crippen molar-refractivity contribution in [2.24, 2.45) is 0 Å². The number of aromatic nitrogens is 2. The molecule has 0 radical (unpaired) electrons. The van der Waals surface area contributed by atoms with Crippen LogP contribution < -0.4 is 10.1 Å². The third-order valence-corrected chi connectivity index (χ3v) is 3.24. The Labute approximate surface area is 126 Å². The van der Waals surface area contributed by atoms with Crippen LogP contribution in [-0.4, -0.2) is 28.2 Å². The van der Waals surface area contributed by atoms with Gasteiger partial charge in [-0.2, -0.15) is 0 Å². The summed E-state index contributed by atoms with van der Waals surface area (Å²) in [4.78, 5) is 19.3. The third-order valence-electron chi connectivity index (χ3n) is 3.24. The fourth-order valence-electron chi connectivity index (χ4n) is 2.10. The molecule has 110 valence electrons. The smallest absolute Gasteiger partial charge is 0.335 e. The number of carbonyl (C=O) groups is 1. The second-order valence-corrected chi connectivity index (χ2v) is 4.61. The van der Waals surface area contributed by atoms with Gasteiger partial charge >= 0.3 is 5.97 Å². The summed E-state index contributed by atoms with van der Waals surface area (Å²) in [5.74, 6) is 0.421. The highest BCUT2D eigenvalue weighted by Gasteiger charge is 2.06. The number of nitrogens with one attached hydrogen (secondary N) is 1. The average Bonchev–Trinajstić information content (AvgIpc) is 2.55. The lowest BCUT2D eigenvalue weighted by atomic mass is 10.2. The Bertz CT molecular complexity index is 832. The molecule has 22 heavy (non-hydrogen) atoms. The zero-order valence-corrected chi connectivity index (χ0v) is 11.8. The molecule has 0 aliphatic carbocycles. The minimum absolute atomic E-state index is 0.239. The molecular formula is C16H13N3O3. The van der Waals surface area contributed by atoms with Crippen molar-refractivity contribution in [3.63, 3.8) is 0 Å². The van der Waals surface area contributed by atoms with Crippen LogP contribution in [0.15, 0.2) is 48.8 Å². The fraction of sp³-hybridized carbons (Fsp3) is 0.0625. The van der Waals surface area contributed by atoms with Crippen LogP contribution in [0, 0.1) is 0 Å². The monoisotopic (exact) mass is 295 g/mol. The van der Waals surface area contributed by atoms with Crippen molar-refractivity contribution in [3.8, 4) is 5.75 Å². The predicted molar refractivity (Wildman–Crippen MR) is 82.8 cm³/mol. The van der Waals surface area contributed by atoms with Gasteiger partial charge in [0.15, 0.2) is 0 Å². The molecule has 0 aliphatic rings. The van der Waals surface area contributed by atoms with Gasteiger partial charge in [0.1, 0.15) is 17.9 Å². The molecule has 0 saturated heterocycles. The number of hydrogen-bond donors (Lipinski definition) is 2. The highest BCUT2D eigenvalue weighted by Crippen LogP contribution is 2.26. The Morgan fingerprint density at radius 2 is 1.91 bits per heavy atom. The summed E-state index contributed by atoms with van der Waals surface area (Å²) < 4.78 is 5.18. The molecule has 0 spiro atoms. The van der Waals surface area contributed by atoms with Crippen molar-refractivity contribution in [2.45, 2.75) is 0 Å². The minimum atomic E-state index is -0.953. The van der Waals surface area contributed by atoms with Gasteiger partial charge in [-0.05, 0) is 36.4 Å². The molecule has 0 unspecified atom stereocenters. The second-order valence-electron chi connectivity index (χ2n) is 4.61. The number of nitrogens with zero attached hydrogens (tertiary/aromatic N) is 2. The van der Waals surface area contributed by atoms with E-state index in [1.807, 2.05) is 18.2 Å². The first-order chi connectivity index (χ1) is 10.7. The summed E-state index contributed by atoms with van der Waals surface area (Å²) in [6.45, 7) is 0. The van der Waals surface area contributed by atoms with Crippen LogP contribution in [0.1, 0.15) is 10.4 Å². The molecule has 0 bridgehead atoms. The number of ether oxygens (including phenoxy) is 1. The molecular weight excluding hydrogens is 282 g/mol. The molecule has 2 N–H and O–H groups in total. The van der Waals surface area contributed by atoms with Gasteiger partial charge in [-0.1, -0.05) is 0 Å². The number of carboxylic acids is 1. The maximum atomic E-state index is 10.9. The molecule has 0 fully saturated rings. The SMILES string of the molecule is COc1ccc2c(Nc3ccc(C(=O)O)cc3)ncnc2c1. The number of aromatic carboxylic acids is 1. The van der Waals surface area contributed by atoms with Crippen molar-refractivity contribution in [3.05, 3.63) is 54.4 Å². The molecule has 1 heterocycles. The summed E-state index contributed by atoms with van der Waals surface area (Å²) in [6.07, 6.45) is 1.47. The van der Waals surface area contributed by atoms with Crippen molar-refractivity contribution >= 4 is 28.4 Å². The normalized spacial score (nSPS) is 10.4. The molecule has 0 saturated carbocycles. The lowest BCUT2D eigenvalue weighted by molar-refractivity contribution is 0.0697. The van der Waals surface area contributed by atoms with Crippen LogP contribution in [0.4, 0.5) is 11.5 Å². The molecule has 1 aromatic heterocycles. The van der Waals surface area contributed by atoms with Gasteiger partial charge in [0.25, 0.3) is 0 Å². The summed E-state index contributed by atoms with van der Waals surface area (Å²) >= 11 is 0. The van der Waals surface area contributed by atoms with E-state index < -0.39 is 5.97 Å². The van der Waals surface area contributed by atoms with E-state index in [4.69, 9.17) is 9.84 Å². The Kier molecular flexibility index (Phi) is 3.57. The number of fused-ring (bicyclic) bond motifs is 1. The predicted octanol–water partition coefficient (Wildman–Crippen LogP) is 3.08. The zero-order valence-electron chi connectivity index (χ0n) is 11.8. The molecule has 0 amide bonds. The fourth-order valence-corrected chi connectivity index (χ4v) is 2.10. The van der Waals surface area contributed by atoms with Crippen LogP contribution >= 0.6 is 0 Å². The highest BCUT2D eigenvalue weighted by atomic mass is 16.5. The Morgan fingerprint density at radius 1 is 1.14 bits per heavy atom. The van der Waals surface area contributed by atoms with E-state index in [-0.39, 0.29) is 5.56 Å². The van der Waals surface area contributed by atoms with E-state index in [0.717, 1.165) is 22.3 Å². The van der Waals surface area contributed by atoms with Crippen LogP contribution in [0.3, 0.4) is 0 Å². The van der Waals surface area contributed by atoms with Gasteiger partial charge in [-0.3, -0.25) is 0 Å². The van der Waals surface area contributed by atoms with Gasteiger partial charge in [0.05, 0.1) is 18.2 Å². The van der Waals surface area contributed by atoms with Crippen molar-refractivity contribution < 1.29 is 14.6 Å². The average molecular weight is 295 g/mol. The van der Waals surface area contributed by atoms with E-state index in [0.29, 0.717) is 5.82 Å². The number of carboxylic acid groups (broad SMARTS) is 1. The van der Waals surface area contributed by atoms with Gasteiger partial charge in [0.2, 0.25) is 0 Å². The molecule has 6 heteroatoms. The lowest BCUT2D eigenvalue weighted by Gasteiger charge is -2.09. The molecule has 0 atom stereocenters. The van der Waals surface area contributed by atoms with Crippen molar-refractivity contribution in [2.75, 3.05) is 12.4 Å². The Hall–Kier alpha value is -3.15. The molecule has 3 aromatic rings. The van der Waals surface area contributed by atoms with E-state index in [1.165, 1.54) is 18.5 Å². The standard InChI is InChI=1S/C16H13N3O3/c1-22-12-6-7-13-14(8-12)17-9-18-15(13)19-11-4-2-10(3-5-11)16(20)21/h2-9H,1H3,(H,20,21)(H,17,18,19). The molecule has 6 nitrogen and oxygen atoms in total. The lowest BCUT2D eigenvalue weighted by Crippen LogP contribution is -1.98. The van der Waals surface area contributed by atoms with Crippen LogP contribution in [0.5, 0.6) is 5.75 Å². The Morgan fingerprint density at radius 3 is 2.59 bits per heavy atom. The van der Waals surface area contributed by atoms with Gasteiger partial charge in [-0.25, -0.2) is 14.8 Å². The maximum Gasteiger partial charge on any atom is 0.335 e. The summed E-state index contributed by atoms with van der Waals surface area (Å²) in [5, 5.41) is 12.9. The van der Waals surface area contributed by atoms with E-state index >= 15 is 0 Å². The van der Waals surface area contributed by atoms with E-state index in [9.17, 15) is 4.79 Å². The number of benzene rings is 2. The quantitative estimate of drug-likeness (QED) is 0.769. The van der Waals surface area contributed by atoms with Crippen LogP contribution in [0.2, 0.25) is 0 Å². The largest absolute Gasteiger partial charge is 0.497 e. The van der Waals surface area contributed by atoms with Crippen LogP contribution in [-0.2, 0) is 0 Å². The van der Waals surface area contributed by atoms with Crippen LogP contribution in [0.25, 0.3) is 10.9 Å². The summed E-state index contributed by atoms with van der Waals surface area (Å²) in [5.41, 5.74) is 1.75. The molecule has 2 aromatic carbocycles. The van der Waals surface area contributed by atoms with E-state index in [2.05, 4.69) is 15.3 Å². The number of anilines is 2.